The van der Waals surface area contributed by atoms with Crippen LogP contribution in [0.5, 0.6) is 0 Å². The quantitative estimate of drug-likeness (QED) is 0.779. The maximum absolute atomic E-state index is 12.2. The van der Waals surface area contributed by atoms with E-state index in [1.807, 2.05) is 24.6 Å². The Labute approximate surface area is 111 Å². The van der Waals surface area contributed by atoms with Gasteiger partial charge in [0.1, 0.15) is 12.2 Å². The van der Waals surface area contributed by atoms with E-state index in [1.165, 1.54) is 16.8 Å². The second-order valence-electron chi connectivity index (χ2n) is 4.35. The van der Waals surface area contributed by atoms with Gasteiger partial charge in [-0.1, -0.05) is 6.92 Å². The standard InChI is InChI=1S/C13H17N3OS/c1-4-5-16-13(14-8-15-16)7-11(17)12-6-9(2)10(3)18-12/h6,8H,4-5,7H2,1-3H3. The third-order valence-electron chi connectivity index (χ3n) is 2.89. The number of hydrogen-bond donors (Lipinski definition) is 0. The molecule has 2 heterocycles. The van der Waals surface area contributed by atoms with Crippen LogP contribution in [-0.4, -0.2) is 20.5 Å². The Morgan fingerprint density at radius 2 is 2.22 bits per heavy atom. The van der Waals surface area contributed by atoms with Crippen molar-refractivity contribution in [2.24, 2.45) is 0 Å². The number of Topliss-reactive ketones (excluding diaryl/α,β-unsaturated/α-hetero) is 1. The lowest BCUT2D eigenvalue weighted by Crippen LogP contribution is -2.10. The molecular formula is C13H17N3OS. The zero-order valence-corrected chi connectivity index (χ0v) is 11.8. The second-order valence-corrected chi connectivity index (χ2v) is 5.61. The fraction of sp³-hybridized carbons (Fsp3) is 0.462. The first-order chi connectivity index (χ1) is 8.61. The molecule has 0 aromatic carbocycles. The van der Waals surface area contributed by atoms with Crippen molar-refractivity contribution in [1.29, 1.82) is 0 Å². The van der Waals surface area contributed by atoms with Gasteiger partial charge in [-0.3, -0.25) is 4.79 Å². The molecule has 0 unspecified atom stereocenters. The van der Waals surface area contributed by atoms with Crippen molar-refractivity contribution in [2.45, 2.75) is 40.2 Å². The average Bonchev–Trinajstić information content (AvgIpc) is 2.88. The molecule has 0 N–H and O–H groups in total. The van der Waals surface area contributed by atoms with Gasteiger partial charge in [-0.05, 0) is 31.9 Å². The van der Waals surface area contributed by atoms with E-state index in [-0.39, 0.29) is 5.78 Å². The first kappa shape index (κ1) is 13.0. The van der Waals surface area contributed by atoms with Crippen molar-refractivity contribution in [3.8, 4) is 0 Å². The summed E-state index contributed by atoms with van der Waals surface area (Å²) in [4.78, 5) is 18.3. The van der Waals surface area contributed by atoms with E-state index < -0.39 is 0 Å². The summed E-state index contributed by atoms with van der Waals surface area (Å²) in [6.45, 7) is 6.96. The van der Waals surface area contributed by atoms with E-state index in [0.717, 1.165) is 23.7 Å². The van der Waals surface area contributed by atoms with Crippen LogP contribution >= 0.6 is 11.3 Å². The van der Waals surface area contributed by atoms with Crippen molar-refractivity contribution < 1.29 is 4.79 Å². The zero-order chi connectivity index (χ0) is 13.1. The van der Waals surface area contributed by atoms with Crippen LogP contribution in [0.1, 0.15) is 39.3 Å². The number of aryl methyl sites for hydroxylation is 3. The summed E-state index contributed by atoms with van der Waals surface area (Å²) in [5.41, 5.74) is 1.18. The largest absolute Gasteiger partial charge is 0.293 e. The molecule has 96 valence electrons. The molecule has 2 rings (SSSR count). The molecule has 0 saturated heterocycles. The Morgan fingerprint density at radius 1 is 1.44 bits per heavy atom. The van der Waals surface area contributed by atoms with Crippen molar-refractivity contribution >= 4 is 17.1 Å². The highest BCUT2D eigenvalue weighted by Gasteiger charge is 2.14. The minimum absolute atomic E-state index is 0.126. The normalized spacial score (nSPS) is 10.8. The molecule has 0 aliphatic carbocycles. The number of hydrogen-bond acceptors (Lipinski definition) is 4. The number of carbonyl (C=O) groups excluding carboxylic acids is 1. The third-order valence-corrected chi connectivity index (χ3v) is 4.08. The minimum atomic E-state index is 0.126. The van der Waals surface area contributed by atoms with E-state index in [0.29, 0.717) is 6.42 Å². The van der Waals surface area contributed by atoms with Crippen LogP contribution in [0.25, 0.3) is 0 Å². The number of nitrogens with zero attached hydrogens (tertiary/aromatic N) is 3. The summed E-state index contributed by atoms with van der Waals surface area (Å²) in [5, 5.41) is 4.13. The maximum Gasteiger partial charge on any atom is 0.180 e. The summed E-state index contributed by atoms with van der Waals surface area (Å²) >= 11 is 1.56. The van der Waals surface area contributed by atoms with Crippen LogP contribution in [0.15, 0.2) is 12.4 Å². The summed E-state index contributed by atoms with van der Waals surface area (Å²) in [6.07, 6.45) is 2.84. The minimum Gasteiger partial charge on any atom is -0.293 e. The van der Waals surface area contributed by atoms with Gasteiger partial charge in [-0.2, -0.15) is 5.10 Å². The van der Waals surface area contributed by atoms with E-state index in [9.17, 15) is 4.79 Å². The predicted molar refractivity (Wildman–Crippen MR) is 72.1 cm³/mol. The highest BCUT2D eigenvalue weighted by atomic mass is 32.1. The molecule has 0 bridgehead atoms. The molecule has 0 spiro atoms. The van der Waals surface area contributed by atoms with Gasteiger partial charge in [0.25, 0.3) is 0 Å². The van der Waals surface area contributed by atoms with Gasteiger partial charge in [0, 0.05) is 11.4 Å². The monoisotopic (exact) mass is 263 g/mol. The van der Waals surface area contributed by atoms with Gasteiger partial charge in [0.15, 0.2) is 5.78 Å². The number of carbonyl (C=O) groups is 1. The molecule has 0 amide bonds. The maximum atomic E-state index is 12.2. The van der Waals surface area contributed by atoms with Crippen LogP contribution in [0.4, 0.5) is 0 Å². The van der Waals surface area contributed by atoms with Gasteiger partial charge in [-0.25, -0.2) is 9.67 Å². The Hall–Kier alpha value is -1.49. The molecule has 0 aliphatic heterocycles. The molecule has 2 aromatic rings. The smallest absolute Gasteiger partial charge is 0.180 e. The molecule has 18 heavy (non-hydrogen) atoms. The van der Waals surface area contributed by atoms with Gasteiger partial charge in [-0.15, -0.1) is 11.3 Å². The molecule has 4 nitrogen and oxygen atoms in total. The zero-order valence-electron chi connectivity index (χ0n) is 10.9. The first-order valence-corrected chi connectivity index (χ1v) is 6.90. The molecular weight excluding hydrogens is 246 g/mol. The Morgan fingerprint density at radius 3 is 2.83 bits per heavy atom. The van der Waals surface area contributed by atoms with E-state index in [4.69, 9.17) is 0 Å². The first-order valence-electron chi connectivity index (χ1n) is 6.08. The van der Waals surface area contributed by atoms with Crippen LogP contribution in [0, 0.1) is 13.8 Å². The Bertz CT molecular complexity index is 537. The highest BCUT2D eigenvalue weighted by molar-refractivity contribution is 7.14. The van der Waals surface area contributed by atoms with Crippen LogP contribution < -0.4 is 0 Å². The molecule has 0 aliphatic rings. The van der Waals surface area contributed by atoms with Gasteiger partial charge in [0.2, 0.25) is 0 Å². The van der Waals surface area contributed by atoms with Crippen molar-refractivity contribution in [1.82, 2.24) is 14.8 Å². The Kier molecular flexibility index (Phi) is 3.91. The van der Waals surface area contributed by atoms with Crippen LogP contribution in [-0.2, 0) is 13.0 Å². The highest BCUT2D eigenvalue weighted by Crippen LogP contribution is 2.21. The lowest BCUT2D eigenvalue weighted by atomic mass is 10.2. The fourth-order valence-electron chi connectivity index (χ4n) is 1.76. The summed E-state index contributed by atoms with van der Waals surface area (Å²) in [7, 11) is 0. The van der Waals surface area contributed by atoms with Gasteiger partial charge >= 0.3 is 0 Å². The van der Waals surface area contributed by atoms with Crippen molar-refractivity contribution in [3.05, 3.63) is 33.5 Å². The molecule has 2 aromatic heterocycles. The SMILES string of the molecule is CCCn1ncnc1CC(=O)c1cc(C)c(C)s1. The van der Waals surface area contributed by atoms with Crippen LogP contribution in [0.2, 0.25) is 0 Å². The summed E-state index contributed by atoms with van der Waals surface area (Å²) in [5.74, 6) is 0.882. The number of rotatable bonds is 5. The van der Waals surface area contributed by atoms with Crippen molar-refractivity contribution in [3.63, 3.8) is 0 Å². The topological polar surface area (TPSA) is 47.8 Å². The fourth-order valence-corrected chi connectivity index (χ4v) is 2.74. The predicted octanol–water partition coefficient (Wildman–Crippen LogP) is 2.79. The molecule has 0 fully saturated rings. The number of ketones is 1. The third kappa shape index (κ3) is 2.67. The summed E-state index contributed by atoms with van der Waals surface area (Å²) < 4.78 is 1.81. The average molecular weight is 263 g/mol. The number of thiophene rings is 1. The summed E-state index contributed by atoms with van der Waals surface area (Å²) in [6, 6.07) is 1.96. The van der Waals surface area contributed by atoms with E-state index >= 15 is 0 Å². The van der Waals surface area contributed by atoms with E-state index in [2.05, 4.69) is 17.0 Å². The lowest BCUT2D eigenvalue weighted by Gasteiger charge is -2.02. The Balaban J connectivity index is 2.13. The lowest BCUT2D eigenvalue weighted by molar-refractivity contribution is 0.0993. The van der Waals surface area contributed by atoms with Gasteiger partial charge in [0.05, 0.1) is 11.3 Å². The molecule has 0 radical (unpaired) electrons. The van der Waals surface area contributed by atoms with Gasteiger partial charge < -0.3 is 0 Å². The second kappa shape index (κ2) is 5.44. The number of aromatic nitrogens is 3. The molecule has 5 heteroatoms. The van der Waals surface area contributed by atoms with E-state index in [1.54, 1.807) is 11.3 Å². The molecule has 0 saturated carbocycles. The van der Waals surface area contributed by atoms with Crippen LogP contribution in [0.3, 0.4) is 0 Å². The van der Waals surface area contributed by atoms with Crippen molar-refractivity contribution in [2.75, 3.05) is 0 Å². The molecule has 0 atom stereocenters.